The van der Waals surface area contributed by atoms with Gasteiger partial charge in [-0.25, -0.2) is 4.39 Å². The third-order valence-corrected chi connectivity index (χ3v) is 6.98. The molecular weight excluding hydrogens is 503 g/mol. The van der Waals surface area contributed by atoms with Crippen LogP contribution in [0, 0.1) is 5.82 Å². The van der Waals surface area contributed by atoms with Gasteiger partial charge < -0.3 is 18.9 Å². The number of fused-ring (bicyclic) bond motifs is 1. The van der Waals surface area contributed by atoms with E-state index in [9.17, 15) is 17.6 Å². The molecule has 0 saturated carbocycles. The first-order valence-corrected chi connectivity index (χ1v) is 13.8. The molecule has 9 nitrogen and oxygen atoms in total. The van der Waals surface area contributed by atoms with Crippen LogP contribution in [0.1, 0.15) is 55.1 Å². The van der Waals surface area contributed by atoms with Gasteiger partial charge in [-0.2, -0.15) is 8.42 Å². The minimum Gasteiger partial charge on any atom is -0.493 e. The van der Waals surface area contributed by atoms with E-state index < -0.39 is 10.1 Å². The van der Waals surface area contributed by atoms with Crippen molar-refractivity contribution in [3.05, 3.63) is 53.5 Å². The Labute approximate surface area is 216 Å². The molecule has 2 heterocycles. The Hall–Kier alpha value is -3.02. The van der Waals surface area contributed by atoms with Gasteiger partial charge in [0.1, 0.15) is 5.82 Å². The molecule has 1 saturated heterocycles. The zero-order valence-corrected chi connectivity index (χ0v) is 22.1. The van der Waals surface area contributed by atoms with Gasteiger partial charge in [-0.1, -0.05) is 5.16 Å². The van der Waals surface area contributed by atoms with Crippen molar-refractivity contribution in [1.29, 1.82) is 0 Å². The van der Waals surface area contributed by atoms with Gasteiger partial charge in [-0.05, 0) is 76.5 Å². The predicted molar refractivity (Wildman–Crippen MR) is 138 cm³/mol. The second-order valence-electron chi connectivity index (χ2n) is 8.82. The molecule has 0 unspecified atom stereocenters. The highest BCUT2D eigenvalue weighted by atomic mass is 32.2. The Morgan fingerprint density at radius 1 is 1.19 bits per heavy atom. The fraction of sp³-hybridized carbons (Fsp3) is 0.462. The number of aromatic nitrogens is 1. The van der Waals surface area contributed by atoms with E-state index in [-0.39, 0.29) is 17.4 Å². The van der Waals surface area contributed by atoms with Crippen LogP contribution >= 0.6 is 0 Å². The molecule has 0 radical (unpaired) electrons. The second kappa shape index (κ2) is 13.0. The number of hydrogen-bond acceptors (Lipinski definition) is 8. The largest absolute Gasteiger partial charge is 0.493 e. The monoisotopic (exact) mass is 536 g/mol. The van der Waals surface area contributed by atoms with Gasteiger partial charge in [0.25, 0.3) is 10.1 Å². The lowest BCUT2D eigenvalue weighted by molar-refractivity contribution is 0.101. The van der Waals surface area contributed by atoms with Gasteiger partial charge in [0.2, 0.25) is 0 Å². The minimum atomic E-state index is -3.66. The molecule has 1 aliphatic heterocycles. The van der Waals surface area contributed by atoms with E-state index in [4.69, 9.17) is 18.5 Å². The standard InChI is InChI=1S/C24H27FN2O4.C2H6O3S/c1-16(28)18-4-7-21(23(14-18)29-2)30-13-3-10-27-11-8-17(9-12-27)24-20-6-5-19(25)15-22(20)31-26-24;1-2-6(3,4)5/h4-7,14-15,17H,3,8-13H2,1-2H3;2H2,1H3,(H,3,4,5). The number of hydrogen-bond donors (Lipinski definition) is 1. The summed E-state index contributed by atoms with van der Waals surface area (Å²) in [5.74, 6) is 1.06. The van der Waals surface area contributed by atoms with Crippen LogP contribution in [0.3, 0.4) is 0 Å². The highest BCUT2D eigenvalue weighted by molar-refractivity contribution is 7.85. The smallest absolute Gasteiger partial charge is 0.264 e. The maximum Gasteiger partial charge on any atom is 0.264 e. The summed E-state index contributed by atoms with van der Waals surface area (Å²) in [6.07, 6.45) is 2.90. The summed E-state index contributed by atoms with van der Waals surface area (Å²) >= 11 is 0. The number of piperidine rings is 1. The van der Waals surface area contributed by atoms with Crippen LogP contribution in [-0.4, -0.2) is 67.9 Å². The number of carbonyl (C=O) groups is 1. The molecule has 1 N–H and O–H groups in total. The quantitative estimate of drug-likeness (QED) is 0.235. The zero-order valence-electron chi connectivity index (χ0n) is 21.3. The first-order valence-electron chi connectivity index (χ1n) is 12.2. The Morgan fingerprint density at radius 3 is 2.51 bits per heavy atom. The molecule has 0 amide bonds. The van der Waals surface area contributed by atoms with E-state index >= 15 is 0 Å². The molecule has 4 rings (SSSR count). The van der Waals surface area contributed by atoms with Crippen LogP contribution in [-0.2, 0) is 10.1 Å². The van der Waals surface area contributed by atoms with Crippen molar-refractivity contribution in [3.63, 3.8) is 0 Å². The maximum absolute atomic E-state index is 13.4. The van der Waals surface area contributed by atoms with Crippen molar-refractivity contribution in [2.45, 2.75) is 39.0 Å². The molecule has 1 aromatic heterocycles. The van der Waals surface area contributed by atoms with Crippen LogP contribution in [0.5, 0.6) is 11.5 Å². The van der Waals surface area contributed by atoms with E-state index in [2.05, 4.69) is 10.1 Å². The number of Topliss-reactive ketones (excluding diaryl/α,β-unsaturated/α-hetero) is 1. The third kappa shape index (κ3) is 8.24. The molecule has 2 aromatic carbocycles. The molecule has 3 aromatic rings. The predicted octanol–water partition coefficient (Wildman–Crippen LogP) is 4.72. The summed E-state index contributed by atoms with van der Waals surface area (Å²) in [5, 5.41) is 5.13. The van der Waals surface area contributed by atoms with Gasteiger partial charge >= 0.3 is 0 Å². The molecule has 0 spiro atoms. The van der Waals surface area contributed by atoms with Crippen molar-refractivity contribution in [1.82, 2.24) is 10.1 Å². The lowest BCUT2D eigenvalue weighted by Crippen LogP contribution is -2.34. The summed E-state index contributed by atoms with van der Waals surface area (Å²) in [5.41, 5.74) is 2.07. The summed E-state index contributed by atoms with van der Waals surface area (Å²) in [6, 6.07) is 9.87. The molecule has 37 heavy (non-hydrogen) atoms. The average molecular weight is 537 g/mol. The summed E-state index contributed by atoms with van der Waals surface area (Å²) in [6.45, 7) is 6.40. The van der Waals surface area contributed by atoms with Gasteiger partial charge in [0.15, 0.2) is 22.9 Å². The van der Waals surface area contributed by atoms with Crippen molar-refractivity contribution >= 4 is 26.9 Å². The second-order valence-corrected chi connectivity index (χ2v) is 10.6. The summed E-state index contributed by atoms with van der Waals surface area (Å²) in [7, 11) is -2.09. The highest BCUT2D eigenvalue weighted by Crippen LogP contribution is 2.33. The lowest BCUT2D eigenvalue weighted by atomic mass is 9.91. The number of carbonyl (C=O) groups excluding carboxylic acids is 1. The van der Waals surface area contributed by atoms with Gasteiger partial charge in [-0.15, -0.1) is 0 Å². The molecule has 0 bridgehead atoms. The Morgan fingerprint density at radius 2 is 1.89 bits per heavy atom. The number of halogens is 1. The first kappa shape index (κ1) is 28.5. The molecule has 0 atom stereocenters. The number of likely N-dealkylation sites (tertiary alicyclic amines) is 1. The number of methoxy groups -OCH3 is 1. The van der Waals surface area contributed by atoms with E-state index in [1.807, 2.05) is 0 Å². The number of ketones is 1. The van der Waals surface area contributed by atoms with Crippen molar-refractivity contribution in [2.75, 3.05) is 39.1 Å². The normalized spacial score (nSPS) is 14.7. The molecular formula is C26H33FN2O7S. The zero-order chi connectivity index (χ0) is 27.0. The molecule has 0 aliphatic carbocycles. The van der Waals surface area contributed by atoms with Crippen molar-refractivity contribution in [2.24, 2.45) is 0 Å². The Balaban J connectivity index is 0.000000568. The van der Waals surface area contributed by atoms with Crippen LogP contribution < -0.4 is 9.47 Å². The molecule has 1 fully saturated rings. The SMILES string of the molecule is CCS(=O)(=O)O.COc1cc(C(C)=O)ccc1OCCCN1CCC(c2noc3cc(F)ccc23)CC1. The highest BCUT2D eigenvalue weighted by Gasteiger charge is 2.25. The third-order valence-electron chi connectivity index (χ3n) is 6.25. The lowest BCUT2D eigenvalue weighted by Gasteiger charge is -2.31. The van der Waals surface area contributed by atoms with Gasteiger partial charge in [0.05, 0.1) is 25.2 Å². The van der Waals surface area contributed by atoms with Gasteiger partial charge in [-0.3, -0.25) is 9.35 Å². The van der Waals surface area contributed by atoms with Gasteiger partial charge in [0, 0.05) is 29.5 Å². The number of rotatable bonds is 9. The molecule has 202 valence electrons. The fourth-order valence-electron chi connectivity index (χ4n) is 4.13. The van der Waals surface area contributed by atoms with E-state index in [1.165, 1.54) is 26.0 Å². The van der Waals surface area contributed by atoms with E-state index in [1.54, 1.807) is 31.4 Å². The average Bonchev–Trinajstić information content (AvgIpc) is 3.29. The van der Waals surface area contributed by atoms with Crippen LogP contribution in [0.25, 0.3) is 11.0 Å². The summed E-state index contributed by atoms with van der Waals surface area (Å²) in [4.78, 5) is 13.9. The van der Waals surface area contributed by atoms with Crippen LogP contribution in [0.15, 0.2) is 40.9 Å². The number of nitrogens with zero attached hydrogens (tertiary/aromatic N) is 2. The topological polar surface area (TPSA) is 119 Å². The Kier molecular flexibility index (Phi) is 10.0. The summed E-state index contributed by atoms with van der Waals surface area (Å²) < 4.78 is 56.8. The van der Waals surface area contributed by atoms with Crippen LogP contribution in [0.4, 0.5) is 4.39 Å². The molecule has 1 aliphatic rings. The van der Waals surface area contributed by atoms with E-state index in [0.717, 1.165) is 50.0 Å². The Bertz CT molecular complexity index is 1300. The van der Waals surface area contributed by atoms with Crippen molar-refractivity contribution < 1.29 is 36.2 Å². The molecule has 11 heteroatoms. The fourth-order valence-corrected chi connectivity index (χ4v) is 4.13. The van der Waals surface area contributed by atoms with E-state index in [0.29, 0.717) is 35.2 Å². The maximum atomic E-state index is 13.4. The first-order chi connectivity index (χ1) is 17.6. The number of benzene rings is 2. The van der Waals surface area contributed by atoms with Crippen LogP contribution in [0.2, 0.25) is 0 Å². The minimum absolute atomic E-state index is 0.000894. The van der Waals surface area contributed by atoms with Crippen molar-refractivity contribution in [3.8, 4) is 11.5 Å². The number of ether oxygens (including phenoxy) is 2.